The number of alkyl halides is 1. The molecule has 0 aliphatic carbocycles. The number of halogens is 1. The molecule has 7 heteroatoms. The maximum absolute atomic E-state index is 12.1. The number of ether oxygens (including phenoxy) is 2. The summed E-state index contributed by atoms with van der Waals surface area (Å²) in [5.41, 5.74) is 0.481. The fourth-order valence-electron chi connectivity index (χ4n) is 2.07. The quantitative estimate of drug-likeness (QED) is 0.620. The fourth-order valence-corrected chi connectivity index (χ4v) is 2.21. The monoisotopic (exact) mass is 313 g/mol. The molecule has 1 amide bonds. The number of rotatable bonds is 7. The molecule has 0 bridgehead atoms. The van der Waals surface area contributed by atoms with Gasteiger partial charge in [0.2, 0.25) is 11.7 Å². The topological polar surface area (TPSA) is 67.6 Å². The molecule has 1 atom stereocenters. The Labute approximate surface area is 127 Å². The highest BCUT2D eigenvalue weighted by Crippen LogP contribution is 2.38. The zero-order valence-corrected chi connectivity index (χ0v) is 12.6. The summed E-state index contributed by atoms with van der Waals surface area (Å²) in [5, 5.41) is 2.75. The summed E-state index contributed by atoms with van der Waals surface area (Å²) in [6.45, 7) is 0.385. The maximum atomic E-state index is 12.1. The van der Waals surface area contributed by atoms with Crippen molar-refractivity contribution in [3.8, 4) is 11.5 Å². The van der Waals surface area contributed by atoms with Gasteiger partial charge in [0.05, 0.1) is 18.3 Å². The van der Waals surface area contributed by atoms with Crippen LogP contribution in [-0.4, -0.2) is 36.4 Å². The number of amides is 1. The Bertz CT molecular complexity index is 536. The maximum Gasteiger partial charge on any atom is 0.352 e. The molecule has 0 spiro atoms. The Morgan fingerprint density at radius 1 is 1.52 bits per heavy atom. The Morgan fingerprint density at radius 3 is 3.05 bits per heavy atom. The van der Waals surface area contributed by atoms with Crippen LogP contribution in [0.25, 0.3) is 0 Å². The largest absolute Gasteiger partial charge is 0.497 e. The van der Waals surface area contributed by atoms with Gasteiger partial charge in [-0.3, -0.25) is 4.79 Å². The number of methoxy groups -OCH3 is 1. The van der Waals surface area contributed by atoms with Crippen LogP contribution in [0.1, 0.15) is 19.3 Å². The molecule has 0 saturated heterocycles. The van der Waals surface area contributed by atoms with Gasteiger partial charge in [0, 0.05) is 35.9 Å². The molecule has 0 fully saturated rings. The average molecular weight is 314 g/mol. The molecule has 1 N–H and O–H groups in total. The molecule has 0 saturated carbocycles. The van der Waals surface area contributed by atoms with E-state index in [4.69, 9.17) is 21.1 Å². The van der Waals surface area contributed by atoms with Crippen molar-refractivity contribution in [3.63, 3.8) is 0 Å². The van der Waals surface area contributed by atoms with E-state index in [0.717, 1.165) is 4.76 Å². The highest BCUT2D eigenvalue weighted by molar-refractivity contribution is 6.17. The van der Waals surface area contributed by atoms with Crippen LogP contribution in [0.5, 0.6) is 11.5 Å². The van der Waals surface area contributed by atoms with Crippen molar-refractivity contribution >= 4 is 23.2 Å². The lowest BCUT2D eigenvalue weighted by Crippen LogP contribution is -2.30. The number of hydrogen-bond acceptors (Lipinski definition) is 4. The second kappa shape index (κ2) is 7.26. The van der Waals surface area contributed by atoms with E-state index in [0.29, 0.717) is 48.9 Å². The molecule has 114 valence electrons. The lowest BCUT2D eigenvalue weighted by molar-refractivity contribution is -0.529. The average Bonchev–Trinajstić information content (AvgIpc) is 2.81. The van der Waals surface area contributed by atoms with E-state index in [-0.39, 0.29) is 5.91 Å². The minimum absolute atomic E-state index is 0.0646. The second-order valence-electron chi connectivity index (χ2n) is 4.66. The summed E-state index contributed by atoms with van der Waals surface area (Å²) in [6, 6.07) is 5.06. The van der Waals surface area contributed by atoms with Gasteiger partial charge in [-0.1, -0.05) is 0 Å². The van der Waals surface area contributed by atoms with Crippen LogP contribution in [0.15, 0.2) is 18.2 Å². The number of benzene rings is 1. The van der Waals surface area contributed by atoms with Crippen LogP contribution < -0.4 is 14.8 Å². The van der Waals surface area contributed by atoms with Crippen LogP contribution in [0.3, 0.4) is 0 Å². The first-order valence-corrected chi connectivity index (χ1v) is 7.33. The van der Waals surface area contributed by atoms with E-state index in [2.05, 4.69) is 5.32 Å². The Balaban J connectivity index is 1.84. The molecule has 21 heavy (non-hydrogen) atoms. The molecule has 0 radical (unpaired) electrons. The Hall–Kier alpha value is -1.82. The molecule has 1 aliphatic rings. The van der Waals surface area contributed by atoms with Crippen LogP contribution in [0.4, 0.5) is 5.69 Å². The number of carbonyl (C=O) groups excluding carboxylic acids is 1. The molecule has 1 heterocycles. The molecule has 0 aromatic heterocycles. The summed E-state index contributed by atoms with van der Waals surface area (Å²) in [6.07, 6.45) is 0.827. The first-order valence-electron chi connectivity index (χ1n) is 6.79. The summed E-state index contributed by atoms with van der Waals surface area (Å²) < 4.78 is 11.5. The number of nitrogens with one attached hydrogen (secondary N) is 1. The summed E-state index contributed by atoms with van der Waals surface area (Å²) in [7, 11) is 1.56. The van der Waals surface area contributed by atoms with Gasteiger partial charge in [0.25, 0.3) is 0 Å². The highest BCUT2D eigenvalue weighted by atomic mass is 35.5. The molecular formula is C14H18ClN2O4+. The normalized spacial score (nSPS) is 16.3. The summed E-state index contributed by atoms with van der Waals surface area (Å²) in [5.74, 6) is 1.54. The van der Waals surface area contributed by atoms with Gasteiger partial charge in [0.1, 0.15) is 5.75 Å². The molecular weight excluding hydrogens is 296 g/mol. The van der Waals surface area contributed by atoms with Crippen molar-refractivity contribution in [1.29, 1.82) is 0 Å². The van der Waals surface area contributed by atoms with Crippen molar-refractivity contribution in [2.45, 2.75) is 25.5 Å². The highest BCUT2D eigenvalue weighted by Gasteiger charge is 2.40. The summed E-state index contributed by atoms with van der Waals surface area (Å²) >= 11 is 5.52. The van der Waals surface area contributed by atoms with E-state index >= 15 is 0 Å². The van der Waals surface area contributed by atoms with Gasteiger partial charge >= 0.3 is 11.9 Å². The van der Waals surface area contributed by atoms with E-state index in [1.54, 1.807) is 25.3 Å². The van der Waals surface area contributed by atoms with Gasteiger partial charge in [-0.05, 0) is 12.5 Å². The fraction of sp³-hybridized carbons (Fsp3) is 0.500. The first kappa shape index (κ1) is 15.6. The van der Waals surface area contributed by atoms with Gasteiger partial charge in [0.15, 0.2) is 0 Å². The van der Waals surface area contributed by atoms with E-state index in [9.17, 15) is 9.70 Å². The standard InChI is InChI=1S/C14H17ClN2O4/c1-20-10-4-5-11-12(9-10)21-14(17(11)19)6-8-16-13(18)3-2-7-15/h4-5,9,14H,2-3,6-8H2,1H3/p+1. The molecule has 1 unspecified atom stereocenters. The number of fused-ring (bicyclic) bond motifs is 1. The van der Waals surface area contributed by atoms with Crippen molar-refractivity contribution in [2.75, 3.05) is 19.5 Å². The number of carbonyl (C=O) groups is 1. The van der Waals surface area contributed by atoms with Crippen molar-refractivity contribution in [2.24, 2.45) is 0 Å². The summed E-state index contributed by atoms with van der Waals surface area (Å²) in [4.78, 5) is 23.5. The van der Waals surface area contributed by atoms with E-state index in [1.165, 1.54) is 0 Å². The van der Waals surface area contributed by atoms with E-state index < -0.39 is 6.23 Å². The van der Waals surface area contributed by atoms with Crippen molar-refractivity contribution < 1.29 is 19.0 Å². The minimum atomic E-state index is -0.625. The van der Waals surface area contributed by atoms with Gasteiger partial charge in [-0.15, -0.1) is 11.6 Å². The third kappa shape index (κ3) is 3.85. The van der Waals surface area contributed by atoms with Gasteiger partial charge < -0.3 is 14.8 Å². The molecule has 2 rings (SSSR count). The number of nitroso groups, excluding NO2 is 1. The lowest BCUT2D eigenvalue weighted by Gasteiger charge is -2.05. The number of hydrogen-bond donors (Lipinski definition) is 1. The van der Waals surface area contributed by atoms with Crippen LogP contribution in [-0.2, 0) is 4.79 Å². The number of nitrogens with zero attached hydrogens (tertiary/aromatic N) is 1. The third-order valence-electron chi connectivity index (χ3n) is 3.18. The zero-order valence-electron chi connectivity index (χ0n) is 11.8. The Morgan fingerprint density at radius 2 is 2.33 bits per heavy atom. The predicted molar refractivity (Wildman–Crippen MR) is 78.3 cm³/mol. The SMILES string of the molecule is COc1ccc2c(c1)OC(CCNC(=O)CCCCl)[N+]2=O. The molecule has 6 nitrogen and oxygen atoms in total. The molecule has 1 aromatic carbocycles. The van der Waals surface area contributed by atoms with Crippen molar-refractivity contribution in [3.05, 3.63) is 23.1 Å². The molecule has 1 aliphatic heterocycles. The third-order valence-corrected chi connectivity index (χ3v) is 3.45. The predicted octanol–water partition coefficient (Wildman–Crippen LogP) is 2.35. The van der Waals surface area contributed by atoms with Crippen LogP contribution >= 0.6 is 11.6 Å². The smallest absolute Gasteiger partial charge is 0.352 e. The minimum Gasteiger partial charge on any atom is -0.497 e. The van der Waals surface area contributed by atoms with E-state index in [1.807, 2.05) is 0 Å². The van der Waals surface area contributed by atoms with Gasteiger partial charge in [-0.25, -0.2) is 0 Å². The molecule has 1 aromatic rings. The van der Waals surface area contributed by atoms with Crippen LogP contribution in [0, 0.1) is 4.91 Å². The lowest BCUT2D eigenvalue weighted by atomic mass is 10.3. The van der Waals surface area contributed by atoms with Gasteiger partial charge in [-0.2, -0.15) is 0 Å². The zero-order chi connectivity index (χ0) is 15.2. The first-order chi connectivity index (χ1) is 10.2. The van der Waals surface area contributed by atoms with Crippen molar-refractivity contribution in [1.82, 2.24) is 5.32 Å². The van der Waals surface area contributed by atoms with Crippen LogP contribution in [0.2, 0.25) is 0 Å². The Kier molecular flexibility index (Phi) is 5.38. The second-order valence-corrected chi connectivity index (χ2v) is 5.04.